The molecule has 3 nitrogen and oxygen atoms in total. The Balaban J connectivity index is 2.07. The highest BCUT2D eigenvalue weighted by Gasteiger charge is 2.20. The zero-order valence-corrected chi connectivity index (χ0v) is 11.9. The third-order valence-corrected chi connectivity index (χ3v) is 3.08. The molecule has 108 valence electrons. The van der Waals surface area contributed by atoms with Gasteiger partial charge in [-0.1, -0.05) is 23.7 Å². The number of carbonyl (C=O) groups excluding carboxylic acids is 2. The van der Waals surface area contributed by atoms with E-state index in [0.717, 1.165) is 12.1 Å². The molecule has 21 heavy (non-hydrogen) atoms. The van der Waals surface area contributed by atoms with E-state index in [0.29, 0.717) is 10.6 Å². The number of halogens is 2. The van der Waals surface area contributed by atoms with Gasteiger partial charge in [0.15, 0.2) is 6.10 Å². The lowest BCUT2D eigenvalue weighted by molar-refractivity contribution is 0.0319. The quantitative estimate of drug-likeness (QED) is 0.635. The summed E-state index contributed by atoms with van der Waals surface area (Å²) in [6, 6.07) is 11.3. The predicted molar refractivity (Wildman–Crippen MR) is 77.1 cm³/mol. The summed E-state index contributed by atoms with van der Waals surface area (Å²) >= 11 is 5.81. The number of esters is 1. The topological polar surface area (TPSA) is 43.4 Å². The van der Waals surface area contributed by atoms with Crippen LogP contribution in [0.4, 0.5) is 4.39 Å². The second-order valence-electron chi connectivity index (χ2n) is 4.43. The molecule has 0 aliphatic rings. The summed E-state index contributed by atoms with van der Waals surface area (Å²) < 4.78 is 17.9. The molecule has 0 spiro atoms. The minimum absolute atomic E-state index is 0.183. The summed E-state index contributed by atoms with van der Waals surface area (Å²) in [5.41, 5.74) is 0.545. The lowest BCUT2D eigenvalue weighted by Gasteiger charge is -2.12. The van der Waals surface area contributed by atoms with Crippen LogP contribution in [-0.2, 0) is 4.74 Å². The molecule has 2 aromatic rings. The molecule has 0 aliphatic carbocycles. The van der Waals surface area contributed by atoms with Gasteiger partial charge in [-0.2, -0.15) is 0 Å². The molecule has 1 unspecified atom stereocenters. The van der Waals surface area contributed by atoms with Crippen LogP contribution in [0.3, 0.4) is 0 Å². The Labute approximate surface area is 126 Å². The third-order valence-electron chi connectivity index (χ3n) is 2.84. The summed E-state index contributed by atoms with van der Waals surface area (Å²) in [5, 5.41) is 0.429. The van der Waals surface area contributed by atoms with Crippen molar-refractivity contribution in [3.63, 3.8) is 0 Å². The zero-order chi connectivity index (χ0) is 15.4. The Hall–Kier alpha value is -2.20. The van der Waals surface area contributed by atoms with E-state index in [2.05, 4.69) is 0 Å². The average molecular weight is 307 g/mol. The Morgan fingerprint density at radius 3 is 2.38 bits per heavy atom. The second kappa shape index (κ2) is 6.50. The fourth-order valence-electron chi connectivity index (χ4n) is 1.74. The van der Waals surface area contributed by atoms with Gasteiger partial charge in [0, 0.05) is 10.6 Å². The first-order chi connectivity index (χ1) is 9.97. The van der Waals surface area contributed by atoms with Crippen molar-refractivity contribution in [3.05, 3.63) is 70.5 Å². The van der Waals surface area contributed by atoms with Crippen molar-refractivity contribution in [2.75, 3.05) is 0 Å². The van der Waals surface area contributed by atoms with E-state index in [-0.39, 0.29) is 11.3 Å². The van der Waals surface area contributed by atoms with Crippen LogP contribution in [0.15, 0.2) is 48.5 Å². The molecule has 0 saturated heterocycles. The number of hydrogen-bond donors (Lipinski definition) is 0. The average Bonchev–Trinajstić information content (AvgIpc) is 2.47. The first kappa shape index (κ1) is 15.2. The lowest BCUT2D eigenvalue weighted by Crippen LogP contribution is -2.24. The smallest absolute Gasteiger partial charge is 0.338 e. The highest BCUT2D eigenvalue weighted by atomic mass is 35.5. The summed E-state index contributed by atoms with van der Waals surface area (Å²) in [6.07, 6.45) is -0.957. The van der Waals surface area contributed by atoms with E-state index in [4.69, 9.17) is 16.3 Å². The first-order valence-electron chi connectivity index (χ1n) is 6.23. The van der Waals surface area contributed by atoms with E-state index in [1.165, 1.54) is 25.1 Å². The molecule has 0 radical (unpaired) electrons. The lowest BCUT2D eigenvalue weighted by atomic mass is 10.1. The molecule has 0 amide bonds. The van der Waals surface area contributed by atoms with Crippen LogP contribution in [0.5, 0.6) is 0 Å². The molecule has 2 aromatic carbocycles. The molecule has 0 aliphatic heterocycles. The highest BCUT2D eigenvalue weighted by Crippen LogP contribution is 2.14. The molecule has 0 bridgehead atoms. The van der Waals surface area contributed by atoms with E-state index in [1.807, 2.05) is 0 Å². The van der Waals surface area contributed by atoms with Crippen LogP contribution in [0.1, 0.15) is 27.6 Å². The van der Waals surface area contributed by atoms with Crippen LogP contribution in [0.25, 0.3) is 0 Å². The maximum Gasteiger partial charge on any atom is 0.338 e. The number of ether oxygens (including phenoxy) is 1. The fourth-order valence-corrected chi connectivity index (χ4v) is 1.93. The Morgan fingerprint density at radius 1 is 1.10 bits per heavy atom. The molecular weight excluding hydrogens is 295 g/mol. The Bertz CT molecular complexity index is 667. The van der Waals surface area contributed by atoms with Crippen LogP contribution in [0, 0.1) is 5.82 Å². The molecule has 0 aromatic heterocycles. The van der Waals surface area contributed by atoms with Crippen molar-refractivity contribution in [2.45, 2.75) is 13.0 Å². The van der Waals surface area contributed by atoms with Gasteiger partial charge >= 0.3 is 5.97 Å². The number of rotatable bonds is 4. The maximum absolute atomic E-state index is 12.8. The van der Waals surface area contributed by atoms with Crippen molar-refractivity contribution < 1.29 is 18.7 Å². The van der Waals surface area contributed by atoms with Crippen LogP contribution < -0.4 is 0 Å². The molecule has 0 fully saturated rings. The molecular formula is C16H12ClFO3. The minimum atomic E-state index is -0.957. The number of Topliss-reactive ketones (excluding diaryl/α,β-unsaturated/α-hetero) is 1. The van der Waals surface area contributed by atoms with Gasteiger partial charge in [0.1, 0.15) is 5.82 Å². The summed E-state index contributed by atoms with van der Waals surface area (Å²) in [4.78, 5) is 24.0. The number of ketones is 1. The summed E-state index contributed by atoms with van der Waals surface area (Å²) in [7, 11) is 0. The van der Waals surface area contributed by atoms with Crippen molar-refractivity contribution in [1.29, 1.82) is 0 Å². The van der Waals surface area contributed by atoms with E-state index in [9.17, 15) is 14.0 Å². The molecule has 0 heterocycles. The summed E-state index contributed by atoms with van der Waals surface area (Å²) in [6.45, 7) is 1.48. The van der Waals surface area contributed by atoms with Gasteiger partial charge in [-0.25, -0.2) is 9.18 Å². The van der Waals surface area contributed by atoms with E-state index >= 15 is 0 Å². The molecule has 0 N–H and O–H groups in total. The standard InChI is InChI=1S/C16H12ClFO3/c1-10(15(19)12-3-2-4-13(17)9-12)21-16(20)11-5-7-14(18)8-6-11/h2-10H,1H3. The largest absolute Gasteiger partial charge is 0.451 e. The molecule has 1 atom stereocenters. The second-order valence-corrected chi connectivity index (χ2v) is 4.87. The predicted octanol–water partition coefficient (Wildman–Crippen LogP) is 3.91. The van der Waals surface area contributed by atoms with Gasteiger partial charge in [0.25, 0.3) is 0 Å². The van der Waals surface area contributed by atoms with Crippen molar-refractivity contribution in [3.8, 4) is 0 Å². The third kappa shape index (κ3) is 3.89. The van der Waals surface area contributed by atoms with Crippen molar-refractivity contribution in [1.82, 2.24) is 0 Å². The normalized spacial score (nSPS) is 11.8. The molecule has 2 rings (SSSR count). The van der Waals surface area contributed by atoms with Crippen LogP contribution >= 0.6 is 11.6 Å². The number of benzene rings is 2. The van der Waals surface area contributed by atoms with Gasteiger partial charge in [0.05, 0.1) is 5.56 Å². The van der Waals surface area contributed by atoms with Gasteiger partial charge in [0.2, 0.25) is 5.78 Å². The first-order valence-corrected chi connectivity index (χ1v) is 6.61. The molecule has 0 saturated carbocycles. The van der Waals surface area contributed by atoms with Crippen LogP contribution in [-0.4, -0.2) is 17.9 Å². The number of carbonyl (C=O) groups is 2. The van der Waals surface area contributed by atoms with Crippen molar-refractivity contribution >= 4 is 23.4 Å². The van der Waals surface area contributed by atoms with Gasteiger partial charge in [-0.3, -0.25) is 4.79 Å². The van der Waals surface area contributed by atoms with E-state index in [1.54, 1.807) is 18.2 Å². The zero-order valence-electron chi connectivity index (χ0n) is 11.2. The van der Waals surface area contributed by atoms with E-state index < -0.39 is 17.9 Å². The Kier molecular flexibility index (Phi) is 4.70. The Morgan fingerprint density at radius 2 is 1.76 bits per heavy atom. The highest BCUT2D eigenvalue weighted by molar-refractivity contribution is 6.31. The van der Waals surface area contributed by atoms with Gasteiger partial charge in [-0.05, 0) is 43.3 Å². The minimum Gasteiger partial charge on any atom is -0.451 e. The SMILES string of the molecule is CC(OC(=O)c1ccc(F)cc1)C(=O)c1cccc(Cl)c1. The summed E-state index contributed by atoms with van der Waals surface area (Å²) in [5.74, 6) is -1.49. The maximum atomic E-state index is 12.8. The van der Waals surface area contributed by atoms with Gasteiger partial charge < -0.3 is 4.74 Å². The van der Waals surface area contributed by atoms with Crippen LogP contribution in [0.2, 0.25) is 5.02 Å². The fraction of sp³-hybridized carbons (Fsp3) is 0.125. The van der Waals surface area contributed by atoms with Gasteiger partial charge in [-0.15, -0.1) is 0 Å². The molecule has 5 heteroatoms. The monoisotopic (exact) mass is 306 g/mol. The number of hydrogen-bond acceptors (Lipinski definition) is 3. The van der Waals surface area contributed by atoms with Crippen molar-refractivity contribution in [2.24, 2.45) is 0 Å².